The van der Waals surface area contributed by atoms with Crippen molar-refractivity contribution in [3.05, 3.63) is 11.1 Å². The smallest absolute Gasteiger partial charge is 0.195 e. The zero-order chi connectivity index (χ0) is 9.10. The molecule has 0 aromatic carbocycles. The van der Waals surface area contributed by atoms with Gasteiger partial charge in [-0.15, -0.1) is 0 Å². The minimum atomic E-state index is 0.466. The van der Waals surface area contributed by atoms with E-state index in [9.17, 15) is 0 Å². The first-order valence-electron chi connectivity index (χ1n) is 4.57. The van der Waals surface area contributed by atoms with Gasteiger partial charge in [-0.25, -0.2) is 0 Å². The Kier molecular flexibility index (Phi) is 2.75. The summed E-state index contributed by atoms with van der Waals surface area (Å²) in [4.78, 5) is 0. The molecule has 4 nitrogen and oxygen atoms in total. The Morgan fingerprint density at radius 3 is 3.23 bits per heavy atom. The molecule has 1 aromatic rings. The zero-order valence-electron chi connectivity index (χ0n) is 7.40. The van der Waals surface area contributed by atoms with Crippen LogP contribution in [0.1, 0.15) is 25.3 Å². The number of nitrogens with zero attached hydrogens (tertiary/aromatic N) is 2. The van der Waals surface area contributed by atoms with Gasteiger partial charge in [-0.3, -0.25) is 5.10 Å². The Bertz CT molecular complexity index is 311. The molecular weight excluding hydrogens is 186 g/mol. The van der Waals surface area contributed by atoms with E-state index >= 15 is 0 Å². The Morgan fingerprint density at radius 2 is 2.46 bits per heavy atom. The number of H-pyrrole nitrogens is 1. The highest BCUT2D eigenvalue weighted by Crippen LogP contribution is 2.20. The van der Waals surface area contributed by atoms with Gasteiger partial charge in [0.05, 0.1) is 0 Å². The summed E-state index contributed by atoms with van der Waals surface area (Å²) in [6.07, 6.45) is 5.05. The lowest BCUT2D eigenvalue weighted by Crippen LogP contribution is -2.08. The third kappa shape index (κ3) is 1.97. The molecule has 1 unspecified atom stereocenters. The summed E-state index contributed by atoms with van der Waals surface area (Å²) in [5, 5.41) is 6.69. The summed E-state index contributed by atoms with van der Waals surface area (Å²) in [7, 11) is 0. The SMILES string of the molecule is S=c1[nH]ncn1C1CCCOCC1. The maximum Gasteiger partial charge on any atom is 0.195 e. The minimum Gasteiger partial charge on any atom is -0.381 e. The van der Waals surface area contributed by atoms with Gasteiger partial charge in [-0.1, -0.05) is 0 Å². The van der Waals surface area contributed by atoms with Crippen molar-refractivity contribution in [2.24, 2.45) is 0 Å². The van der Waals surface area contributed by atoms with Crippen molar-refractivity contribution in [3.63, 3.8) is 0 Å². The van der Waals surface area contributed by atoms with Crippen LogP contribution in [0.3, 0.4) is 0 Å². The van der Waals surface area contributed by atoms with Crippen molar-refractivity contribution in [2.75, 3.05) is 13.2 Å². The van der Waals surface area contributed by atoms with Crippen molar-refractivity contribution in [1.29, 1.82) is 0 Å². The van der Waals surface area contributed by atoms with Crippen molar-refractivity contribution in [3.8, 4) is 0 Å². The van der Waals surface area contributed by atoms with Crippen molar-refractivity contribution >= 4 is 12.2 Å². The predicted molar refractivity (Wildman–Crippen MR) is 51.1 cm³/mol. The molecule has 2 rings (SSSR count). The summed E-state index contributed by atoms with van der Waals surface area (Å²) in [5.74, 6) is 0. The maximum atomic E-state index is 5.38. The van der Waals surface area contributed by atoms with Gasteiger partial charge in [-0.05, 0) is 31.5 Å². The predicted octanol–water partition coefficient (Wildman–Crippen LogP) is 1.68. The summed E-state index contributed by atoms with van der Waals surface area (Å²) in [6.45, 7) is 1.71. The molecule has 1 aromatic heterocycles. The fraction of sp³-hybridized carbons (Fsp3) is 0.750. The fourth-order valence-electron chi connectivity index (χ4n) is 1.68. The van der Waals surface area contributed by atoms with E-state index in [4.69, 9.17) is 17.0 Å². The number of ether oxygens (including phenoxy) is 1. The lowest BCUT2D eigenvalue weighted by atomic mass is 10.1. The average Bonchev–Trinajstić information content (AvgIpc) is 2.43. The van der Waals surface area contributed by atoms with E-state index in [0.717, 1.165) is 32.5 Å². The molecule has 0 bridgehead atoms. The van der Waals surface area contributed by atoms with Crippen molar-refractivity contribution in [1.82, 2.24) is 14.8 Å². The number of hydrogen-bond donors (Lipinski definition) is 1. The lowest BCUT2D eigenvalue weighted by molar-refractivity contribution is 0.141. The monoisotopic (exact) mass is 199 g/mol. The number of aromatic amines is 1. The van der Waals surface area contributed by atoms with Gasteiger partial charge in [0.15, 0.2) is 4.77 Å². The van der Waals surface area contributed by atoms with Crippen LogP contribution < -0.4 is 0 Å². The molecule has 1 atom stereocenters. The second kappa shape index (κ2) is 4.02. The molecule has 0 saturated carbocycles. The van der Waals surface area contributed by atoms with Gasteiger partial charge in [-0.2, -0.15) is 5.10 Å². The van der Waals surface area contributed by atoms with Gasteiger partial charge in [0, 0.05) is 19.3 Å². The van der Waals surface area contributed by atoms with E-state index in [1.807, 2.05) is 4.57 Å². The van der Waals surface area contributed by atoms with Gasteiger partial charge in [0.1, 0.15) is 6.33 Å². The Labute approximate surface area is 81.9 Å². The van der Waals surface area contributed by atoms with Gasteiger partial charge in [0.25, 0.3) is 0 Å². The van der Waals surface area contributed by atoms with E-state index in [1.165, 1.54) is 0 Å². The van der Waals surface area contributed by atoms with Gasteiger partial charge < -0.3 is 9.30 Å². The summed E-state index contributed by atoms with van der Waals surface area (Å²) >= 11 is 5.11. The minimum absolute atomic E-state index is 0.466. The van der Waals surface area contributed by atoms with Crippen molar-refractivity contribution in [2.45, 2.75) is 25.3 Å². The standard InChI is InChI=1S/C8H13N3OS/c13-8-10-9-6-11(8)7-2-1-4-12-5-3-7/h6-7H,1-5H2,(H,10,13). The van der Waals surface area contributed by atoms with Gasteiger partial charge in [0.2, 0.25) is 0 Å². The first kappa shape index (κ1) is 8.90. The van der Waals surface area contributed by atoms with Crippen LogP contribution in [0.4, 0.5) is 0 Å². The van der Waals surface area contributed by atoms with Crippen LogP contribution in [-0.4, -0.2) is 28.0 Å². The van der Waals surface area contributed by atoms with Crippen LogP contribution in [0.2, 0.25) is 0 Å². The fourth-order valence-corrected chi connectivity index (χ4v) is 1.93. The Hall–Kier alpha value is -0.680. The van der Waals surface area contributed by atoms with Crippen LogP contribution in [0.15, 0.2) is 6.33 Å². The maximum absolute atomic E-state index is 5.38. The van der Waals surface area contributed by atoms with E-state index in [2.05, 4.69) is 10.2 Å². The number of rotatable bonds is 1. The lowest BCUT2D eigenvalue weighted by Gasteiger charge is -2.13. The Morgan fingerprint density at radius 1 is 1.54 bits per heavy atom. The summed E-state index contributed by atoms with van der Waals surface area (Å²) < 4.78 is 8.13. The zero-order valence-corrected chi connectivity index (χ0v) is 8.22. The molecular formula is C8H13N3OS. The van der Waals surface area contributed by atoms with Crippen LogP contribution >= 0.6 is 12.2 Å². The highest BCUT2D eigenvalue weighted by Gasteiger charge is 2.14. The molecule has 1 N–H and O–H groups in total. The molecule has 0 aliphatic carbocycles. The summed E-state index contributed by atoms with van der Waals surface area (Å²) in [5.41, 5.74) is 0. The first-order chi connectivity index (χ1) is 6.38. The quantitative estimate of drug-likeness (QED) is 0.700. The number of hydrogen-bond acceptors (Lipinski definition) is 3. The molecule has 1 aliphatic heterocycles. The van der Waals surface area contributed by atoms with E-state index < -0.39 is 0 Å². The van der Waals surface area contributed by atoms with E-state index in [1.54, 1.807) is 6.33 Å². The van der Waals surface area contributed by atoms with E-state index in [0.29, 0.717) is 10.8 Å². The molecule has 1 saturated heterocycles. The summed E-state index contributed by atoms with van der Waals surface area (Å²) in [6, 6.07) is 0.466. The van der Waals surface area contributed by atoms with Crippen LogP contribution in [0.25, 0.3) is 0 Å². The normalized spacial score (nSPS) is 24.2. The van der Waals surface area contributed by atoms with E-state index in [-0.39, 0.29) is 0 Å². The molecule has 5 heteroatoms. The molecule has 72 valence electrons. The van der Waals surface area contributed by atoms with Gasteiger partial charge >= 0.3 is 0 Å². The molecule has 0 amide bonds. The topological polar surface area (TPSA) is 42.8 Å². The van der Waals surface area contributed by atoms with Crippen molar-refractivity contribution < 1.29 is 4.74 Å². The number of aromatic nitrogens is 3. The second-order valence-corrected chi connectivity index (χ2v) is 3.65. The highest BCUT2D eigenvalue weighted by atomic mass is 32.1. The number of nitrogens with one attached hydrogen (secondary N) is 1. The molecule has 2 heterocycles. The Balaban J connectivity index is 2.15. The third-order valence-corrected chi connectivity index (χ3v) is 2.69. The largest absolute Gasteiger partial charge is 0.381 e. The molecule has 1 aliphatic rings. The average molecular weight is 199 g/mol. The molecule has 13 heavy (non-hydrogen) atoms. The first-order valence-corrected chi connectivity index (χ1v) is 4.98. The second-order valence-electron chi connectivity index (χ2n) is 3.27. The van der Waals surface area contributed by atoms with Crippen LogP contribution in [-0.2, 0) is 4.74 Å². The van der Waals surface area contributed by atoms with Crippen LogP contribution in [0, 0.1) is 4.77 Å². The molecule has 1 fully saturated rings. The molecule has 0 radical (unpaired) electrons. The third-order valence-electron chi connectivity index (χ3n) is 2.39. The van der Waals surface area contributed by atoms with Crippen LogP contribution in [0.5, 0.6) is 0 Å². The molecule has 0 spiro atoms. The highest BCUT2D eigenvalue weighted by molar-refractivity contribution is 7.71.